The van der Waals surface area contributed by atoms with Gasteiger partial charge in [0, 0.05) is 22.4 Å². The largest absolute Gasteiger partial charge is 0.508 e. The first kappa shape index (κ1) is 13.0. The fourth-order valence-corrected chi connectivity index (χ4v) is 2.87. The van der Waals surface area contributed by atoms with Gasteiger partial charge in [-0.25, -0.2) is 0 Å². The molecule has 2 nitrogen and oxygen atoms in total. The van der Waals surface area contributed by atoms with Gasteiger partial charge < -0.3 is 9.52 Å². The van der Waals surface area contributed by atoms with Crippen LogP contribution in [0.5, 0.6) is 5.75 Å². The first-order chi connectivity index (χ1) is 9.66. The summed E-state index contributed by atoms with van der Waals surface area (Å²) in [6.45, 7) is 4.30. The lowest BCUT2D eigenvalue weighted by Gasteiger charge is -2.12. The van der Waals surface area contributed by atoms with Gasteiger partial charge in [0.05, 0.1) is 6.26 Å². The quantitative estimate of drug-likeness (QED) is 0.855. The first-order valence-corrected chi connectivity index (χ1v) is 7.22. The molecular weight excluding hydrogens is 248 g/mol. The molecule has 104 valence electrons. The van der Waals surface area contributed by atoms with Crippen LogP contribution < -0.4 is 0 Å². The molecule has 2 heteroatoms. The van der Waals surface area contributed by atoms with E-state index >= 15 is 0 Å². The van der Waals surface area contributed by atoms with E-state index in [9.17, 15) is 5.11 Å². The molecule has 0 bridgehead atoms. The van der Waals surface area contributed by atoms with Gasteiger partial charge in [-0.15, -0.1) is 0 Å². The van der Waals surface area contributed by atoms with Crippen molar-refractivity contribution in [1.82, 2.24) is 0 Å². The third kappa shape index (κ3) is 2.26. The molecule has 3 rings (SSSR count). The van der Waals surface area contributed by atoms with Crippen LogP contribution in [-0.2, 0) is 6.42 Å². The lowest BCUT2D eigenvalue weighted by molar-refractivity contribution is 0.460. The van der Waals surface area contributed by atoms with Gasteiger partial charge in [0.15, 0.2) is 0 Å². The second-order valence-corrected chi connectivity index (χ2v) is 5.88. The van der Waals surface area contributed by atoms with Crippen molar-refractivity contribution in [2.45, 2.75) is 32.6 Å². The van der Waals surface area contributed by atoms with Crippen LogP contribution in [0.3, 0.4) is 0 Å². The van der Waals surface area contributed by atoms with Crippen LogP contribution >= 0.6 is 0 Å². The molecule has 0 saturated carbocycles. The van der Waals surface area contributed by atoms with Gasteiger partial charge in [0.25, 0.3) is 0 Å². The SMILES string of the molecule is CC(C)Cc1c(O)ccc2c(C3C=CC=CC3)coc12. The molecule has 1 N–H and O–H groups in total. The molecule has 0 aliphatic heterocycles. The highest BCUT2D eigenvalue weighted by molar-refractivity contribution is 5.86. The molecule has 1 atom stereocenters. The summed E-state index contributed by atoms with van der Waals surface area (Å²) in [6.07, 6.45) is 12.2. The molecule has 0 spiro atoms. The van der Waals surface area contributed by atoms with E-state index in [4.69, 9.17) is 4.42 Å². The first-order valence-electron chi connectivity index (χ1n) is 7.22. The van der Waals surface area contributed by atoms with Crippen molar-refractivity contribution >= 4 is 11.0 Å². The molecular formula is C18H20O2. The van der Waals surface area contributed by atoms with Gasteiger partial charge in [0.2, 0.25) is 0 Å². The zero-order chi connectivity index (χ0) is 14.1. The molecule has 0 saturated heterocycles. The third-order valence-corrected chi connectivity index (χ3v) is 3.84. The number of furan rings is 1. The topological polar surface area (TPSA) is 33.4 Å². The lowest BCUT2D eigenvalue weighted by atomic mass is 9.91. The van der Waals surface area contributed by atoms with E-state index in [1.807, 2.05) is 12.3 Å². The molecule has 1 aromatic heterocycles. The van der Waals surface area contributed by atoms with Crippen LogP contribution in [0, 0.1) is 5.92 Å². The summed E-state index contributed by atoms with van der Waals surface area (Å²) in [5.74, 6) is 1.20. The van der Waals surface area contributed by atoms with Crippen molar-refractivity contribution in [3.63, 3.8) is 0 Å². The number of aromatic hydroxyl groups is 1. The second kappa shape index (κ2) is 5.20. The summed E-state index contributed by atoms with van der Waals surface area (Å²) in [7, 11) is 0. The summed E-state index contributed by atoms with van der Waals surface area (Å²) in [5.41, 5.74) is 2.99. The summed E-state index contributed by atoms with van der Waals surface area (Å²) in [6, 6.07) is 3.76. The van der Waals surface area contributed by atoms with Crippen LogP contribution in [0.15, 0.2) is 47.1 Å². The van der Waals surface area contributed by atoms with E-state index in [-0.39, 0.29) is 0 Å². The maximum Gasteiger partial charge on any atom is 0.141 e. The van der Waals surface area contributed by atoms with Gasteiger partial charge in [-0.2, -0.15) is 0 Å². The van der Waals surface area contributed by atoms with E-state index in [2.05, 4.69) is 38.2 Å². The standard InChI is InChI=1S/C18H20O2/c1-12(2)10-15-17(19)9-8-14-16(11-20-18(14)15)13-6-4-3-5-7-13/h3-6,8-9,11-13,19H,7,10H2,1-2H3. The smallest absolute Gasteiger partial charge is 0.141 e. The van der Waals surface area contributed by atoms with Crippen LogP contribution in [0.25, 0.3) is 11.0 Å². The van der Waals surface area contributed by atoms with E-state index in [1.54, 1.807) is 6.07 Å². The minimum Gasteiger partial charge on any atom is -0.508 e. The van der Waals surface area contributed by atoms with Gasteiger partial charge in [-0.1, -0.05) is 38.2 Å². The van der Waals surface area contributed by atoms with Crippen LogP contribution in [0.1, 0.15) is 37.3 Å². The molecule has 1 aliphatic carbocycles. The van der Waals surface area contributed by atoms with Crippen LogP contribution in [0.2, 0.25) is 0 Å². The Morgan fingerprint density at radius 1 is 1.30 bits per heavy atom. The predicted molar refractivity (Wildman–Crippen MR) is 82.1 cm³/mol. The number of benzene rings is 1. The molecule has 0 fully saturated rings. The Labute approximate surface area is 119 Å². The predicted octanol–water partition coefficient (Wildman–Crippen LogP) is 4.94. The average molecular weight is 268 g/mol. The van der Waals surface area contributed by atoms with Gasteiger partial charge in [-0.05, 0) is 30.9 Å². The third-order valence-electron chi connectivity index (χ3n) is 3.84. The molecule has 2 aromatic rings. The number of fused-ring (bicyclic) bond motifs is 1. The minimum absolute atomic E-state index is 0.339. The molecule has 1 heterocycles. The zero-order valence-electron chi connectivity index (χ0n) is 12.0. The lowest BCUT2D eigenvalue weighted by Crippen LogP contribution is -1.97. The summed E-state index contributed by atoms with van der Waals surface area (Å²) in [4.78, 5) is 0. The van der Waals surface area contributed by atoms with Crippen LogP contribution in [-0.4, -0.2) is 5.11 Å². The minimum atomic E-state index is 0.339. The fraction of sp³-hybridized carbons (Fsp3) is 0.333. The number of phenols is 1. The number of hydrogen-bond acceptors (Lipinski definition) is 2. The number of allylic oxidation sites excluding steroid dienone is 4. The number of rotatable bonds is 3. The van der Waals surface area contributed by atoms with Gasteiger partial charge in [-0.3, -0.25) is 0 Å². The summed E-state index contributed by atoms with van der Waals surface area (Å²) >= 11 is 0. The van der Waals surface area contributed by atoms with Crippen molar-refractivity contribution in [1.29, 1.82) is 0 Å². The maximum absolute atomic E-state index is 10.1. The highest BCUT2D eigenvalue weighted by Crippen LogP contribution is 2.37. The van der Waals surface area contributed by atoms with Crippen molar-refractivity contribution in [3.8, 4) is 5.75 Å². The van der Waals surface area contributed by atoms with Crippen molar-refractivity contribution in [2.24, 2.45) is 5.92 Å². The van der Waals surface area contributed by atoms with Gasteiger partial charge in [0.1, 0.15) is 11.3 Å². The van der Waals surface area contributed by atoms with E-state index in [1.165, 1.54) is 5.56 Å². The van der Waals surface area contributed by atoms with Gasteiger partial charge >= 0.3 is 0 Å². The van der Waals surface area contributed by atoms with Crippen molar-refractivity contribution in [2.75, 3.05) is 0 Å². The normalized spacial score (nSPS) is 18.2. The fourth-order valence-electron chi connectivity index (χ4n) is 2.87. The highest BCUT2D eigenvalue weighted by Gasteiger charge is 2.19. The Kier molecular flexibility index (Phi) is 3.39. The van der Waals surface area contributed by atoms with Crippen molar-refractivity contribution in [3.05, 3.63) is 53.8 Å². The zero-order valence-corrected chi connectivity index (χ0v) is 12.0. The molecule has 0 amide bonds. The Hall–Kier alpha value is -1.96. The summed E-state index contributed by atoms with van der Waals surface area (Å²) < 4.78 is 5.80. The Balaban J connectivity index is 2.09. The molecule has 1 aliphatic rings. The van der Waals surface area contributed by atoms with Crippen molar-refractivity contribution < 1.29 is 9.52 Å². The highest BCUT2D eigenvalue weighted by atomic mass is 16.3. The Bertz CT molecular complexity index is 674. The molecule has 0 radical (unpaired) electrons. The summed E-state index contributed by atoms with van der Waals surface area (Å²) in [5, 5.41) is 11.2. The van der Waals surface area contributed by atoms with E-state index in [0.29, 0.717) is 17.6 Å². The molecule has 20 heavy (non-hydrogen) atoms. The average Bonchev–Trinajstić information content (AvgIpc) is 2.87. The van der Waals surface area contributed by atoms with E-state index < -0.39 is 0 Å². The Morgan fingerprint density at radius 3 is 2.85 bits per heavy atom. The number of hydrogen-bond donors (Lipinski definition) is 1. The molecule has 1 aromatic carbocycles. The monoisotopic (exact) mass is 268 g/mol. The van der Waals surface area contributed by atoms with E-state index in [0.717, 1.165) is 29.4 Å². The number of phenolic OH excluding ortho intramolecular Hbond substituents is 1. The molecule has 1 unspecified atom stereocenters. The maximum atomic E-state index is 10.1. The Morgan fingerprint density at radius 2 is 2.15 bits per heavy atom. The van der Waals surface area contributed by atoms with Crippen LogP contribution in [0.4, 0.5) is 0 Å². The second-order valence-electron chi connectivity index (χ2n) is 5.88.